The number of aromatic nitrogens is 4. The smallest absolute Gasteiger partial charge is 0.425 e. The van der Waals surface area contributed by atoms with Crippen LogP contribution in [-0.4, -0.2) is 64.5 Å². The normalized spacial score (nSPS) is 11.8. The second-order valence-electron chi connectivity index (χ2n) is 11.9. The van der Waals surface area contributed by atoms with Crippen molar-refractivity contribution in [3.05, 3.63) is 29.3 Å². The maximum Gasteiger partial charge on any atom is 0.425 e. The summed E-state index contributed by atoms with van der Waals surface area (Å²) in [5, 5.41) is 8.32. The molecule has 14 nitrogen and oxygen atoms in total. The summed E-state index contributed by atoms with van der Waals surface area (Å²) in [5.74, 6) is 0.780. The van der Waals surface area contributed by atoms with E-state index in [2.05, 4.69) is 10.2 Å². The summed E-state index contributed by atoms with van der Waals surface area (Å²) < 4.78 is 35.6. The number of aryl methyl sites for hydroxylation is 1. The van der Waals surface area contributed by atoms with Crippen molar-refractivity contribution in [2.75, 3.05) is 32.0 Å². The zero-order valence-corrected chi connectivity index (χ0v) is 26.8. The molecule has 0 atom stereocenters. The lowest BCUT2D eigenvalue weighted by Gasteiger charge is -2.30. The van der Waals surface area contributed by atoms with Gasteiger partial charge in [-0.05, 0) is 73.1 Å². The molecule has 44 heavy (non-hydrogen) atoms. The molecular weight excluding hydrogens is 572 g/mol. The Hall–Kier alpha value is -5.01. The standard InChI is InChI=1S/C30H38N6O8/c1-15-12-13-18(39-9)16(2)21(15)35-22-17(14-19(40-10)23(32-22)41-11)20(24-33-34-26(31)42-24)25(35)36(27(37)43-29(3,4)5)28(38)44-30(6,7)8/h12-14H,1-11H3,(H2,31,34). The Morgan fingerprint density at radius 1 is 0.886 bits per heavy atom. The molecule has 0 saturated heterocycles. The molecule has 0 fully saturated rings. The summed E-state index contributed by atoms with van der Waals surface area (Å²) in [6.07, 6.45) is -2.05. The largest absolute Gasteiger partial charge is 0.496 e. The summed E-state index contributed by atoms with van der Waals surface area (Å²) in [7, 11) is 4.44. The molecule has 236 valence electrons. The molecule has 1 aromatic carbocycles. The van der Waals surface area contributed by atoms with Gasteiger partial charge >= 0.3 is 18.2 Å². The van der Waals surface area contributed by atoms with E-state index in [-0.39, 0.29) is 40.6 Å². The minimum Gasteiger partial charge on any atom is -0.496 e. The zero-order chi connectivity index (χ0) is 32.7. The molecule has 0 aliphatic rings. The van der Waals surface area contributed by atoms with Crippen LogP contribution in [-0.2, 0) is 9.47 Å². The first-order valence-electron chi connectivity index (χ1n) is 13.7. The lowest BCUT2D eigenvalue weighted by molar-refractivity contribution is 0.0428. The molecule has 3 aromatic heterocycles. The number of ether oxygens (including phenoxy) is 5. The van der Waals surface area contributed by atoms with E-state index in [0.717, 1.165) is 10.5 Å². The van der Waals surface area contributed by atoms with Crippen LogP contribution in [0.2, 0.25) is 0 Å². The fourth-order valence-corrected chi connectivity index (χ4v) is 4.66. The van der Waals surface area contributed by atoms with E-state index in [4.69, 9.17) is 38.8 Å². The lowest BCUT2D eigenvalue weighted by Crippen LogP contribution is -2.45. The van der Waals surface area contributed by atoms with Gasteiger partial charge in [0.05, 0.1) is 32.6 Å². The van der Waals surface area contributed by atoms with Gasteiger partial charge in [0, 0.05) is 10.9 Å². The van der Waals surface area contributed by atoms with Crippen LogP contribution in [0.5, 0.6) is 17.4 Å². The third kappa shape index (κ3) is 6.05. The maximum absolute atomic E-state index is 14.1. The topological polar surface area (TPSA) is 166 Å². The maximum atomic E-state index is 14.1. The number of carbonyl (C=O) groups is 2. The molecular formula is C30H38N6O8. The van der Waals surface area contributed by atoms with Gasteiger partial charge in [0.1, 0.15) is 22.8 Å². The number of nitrogen functional groups attached to an aromatic ring is 1. The number of hydrogen-bond donors (Lipinski definition) is 1. The van der Waals surface area contributed by atoms with Gasteiger partial charge in [0.25, 0.3) is 11.8 Å². The quantitative estimate of drug-likeness (QED) is 0.272. The van der Waals surface area contributed by atoms with Crippen LogP contribution in [0.15, 0.2) is 22.6 Å². The zero-order valence-electron chi connectivity index (χ0n) is 26.8. The number of amides is 2. The fraction of sp³-hybridized carbons (Fsp3) is 0.433. The van der Waals surface area contributed by atoms with Gasteiger partial charge < -0.3 is 33.8 Å². The number of anilines is 2. The average molecular weight is 611 g/mol. The van der Waals surface area contributed by atoms with E-state index in [1.54, 1.807) is 59.3 Å². The number of pyridine rings is 1. The molecule has 4 rings (SSSR count). The SMILES string of the molecule is COc1cc2c(-c3nnc(N)o3)c(N(C(=O)OC(C)(C)C)C(=O)OC(C)(C)C)n(-c3c(C)ccc(OC)c3C)c2nc1OC. The number of fused-ring (bicyclic) bond motifs is 1. The Bertz CT molecular complexity index is 1700. The van der Waals surface area contributed by atoms with E-state index < -0.39 is 23.4 Å². The summed E-state index contributed by atoms with van der Waals surface area (Å²) in [5.41, 5.74) is 6.23. The summed E-state index contributed by atoms with van der Waals surface area (Å²) in [6.45, 7) is 13.8. The molecule has 0 aliphatic heterocycles. The van der Waals surface area contributed by atoms with Crippen molar-refractivity contribution in [2.45, 2.75) is 66.6 Å². The molecule has 0 saturated carbocycles. The summed E-state index contributed by atoms with van der Waals surface area (Å²) >= 11 is 0. The fourth-order valence-electron chi connectivity index (χ4n) is 4.66. The average Bonchev–Trinajstić information content (AvgIpc) is 3.46. The third-order valence-electron chi connectivity index (χ3n) is 6.31. The van der Waals surface area contributed by atoms with Crippen LogP contribution in [0.3, 0.4) is 0 Å². The monoisotopic (exact) mass is 610 g/mol. The van der Waals surface area contributed by atoms with Gasteiger partial charge in [0.2, 0.25) is 0 Å². The van der Waals surface area contributed by atoms with E-state index in [1.807, 2.05) is 26.0 Å². The molecule has 0 aliphatic carbocycles. The van der Waals surface area contributed by atoms with Crippen molar-refractivity contribution < 1.29 is 37.7 Å². The van der Waals surface area contributed by atoms with E-state index in [1.165, 1.54) is 14.2 Å². The molecule has 0 radical (unpaired) electrons. The van der Waals surface area contributed by atoms with Crippen molar-refractivity contribution >= 4 is 35.1 Å². The summed E-state index contributed by atoms with van der Waals surface area (Å²) in [6, 6.07) is 5.04. The molecule has 2 amide bonds. The first-order chi connectivity index (χ1) is 20.5. The number of imide groups is 1. The minimum atomic E-state index is -1.03. The van der Waals surface area contributed by atoms with E-state index in [0.29, 0.717) is 22.4 Å². The lowest BCUT2D eigenvalue weighted by atomic mass is 10.1. The molecule has 2 N–H and O–H groups in total. The number of rotatable bonds is 6. The van der Waals surface area contributed by atoms with Crippen molar-refractivity contribution in [2.24, 2.45) is 0 Å². The number of hydrogen-bond acceptors (Lipinski definition) is 12. The van der Waals surface area contributed by atoms with Gasteiger partial charge in [-0.2, -0.15) is 9.88 Å². The first-order valence-corrected chi connectivity index (χ1v) is 13.7. The van der Waals surface area contributed by atoms with Crippen molar-refractivity contribution in [3.63, 3.8) is 0 Å². The number of benzene rings is 1. The molecule has 0 bridgehead atoms. The van der Waals surface area contributed by atoms with Crippen LogP contribution in [0.1, 0.15) is 52.7 Å². The van der Waals surface area contributed by atoms with Crippen LogP contribution < -0.4 is 24.8 Å². The predicted octanol–water partition coefficient (Wildman–Crippen LogP) is 5.98. The highest BCUT2D eigenvalue weighted by atomic mass is 16.6. The molecule has 4 aromatic rings. The Balaban J connectivity index is 2.31. The van der Waals surface area contributed by atoms with Crippen LogP contribution in [0, 0.1) is 13.8 Å². The number of carbonyl (C=O) groups excluding carboxylic acids is 2. The van der Waals surface area contributed by atoms with Gasteiger partial charge in [-0.1, -0.05) is 11.2 Å². The number of nitrogens with two attached hydrogens (primary N) is 1. The van der Waals surface area contributed by atoms with Gasteiger partial charge in [-0.3, -0.25) is 4.57 Å². The molecule has 0 unspecified atom stereocenters. The molecule has 0 spiro atoms. The highest BCUT2D eigenvalue weighted by Crippen LogP contribution is 2.47. The second-order valence-corrected chi connectivity index (χ2v) is 11.9. The number of methoxy groups -OCH3 is 3. The number of nitrogens with zero attached hydrogens (tertiary/aromatic N) is 5. The predicted molar refractivity (Wildman–Crippen MR) is 163 cm³/mol. The van der Waals surface area contributed by atoms with Gasteiger partial charge in [-0.15, -0.1) is 5.10 Å². The molecule has 3 heterocycles. The minimum absolute atomic E-state index is 0.0607. The van der Waals surface area contributed by atoms with Gasteiger partial charge in [0.15, 0.2) is 11.4 Å². The summed E-state index contributed by atoms with van der Waals surface area (Å²) in [4.78, 5) is 33.7. The van der Waals surface area contributed by atoms with Crippen LogP contribution >= 0.6 is 0 Å². The highest BCUT2D eigenvalue weighted by molar-refractivity contribution is 6.16. The van der Waals surface area contributed by atoms with Crippen molar-refractivity contribution in [1.82, 2.24) is 19.7 Å². The van der Waals surface area contributed by atoms with Crippen molar-refractivity contribution in [3.8, 4) is 34.5 Å². The van der Waals surface area contributed by atoms with Crippen molar-refractivity contribution in [1.29, 1.82) is 0 Å². The Morgan fingerprint density at radius 3 is 1.95 bits per heavy atom. The van der Waals surface area contributed by atoms with Gasteiger partial charge in [-0.25, -0.2) is 9.59 Å². The van der Waals surface area contributed by atoms with Crippen LogP contribution in [0.4, 0.5) is 21.4 Å². The Labute approximate surface area is 255 Å². The second kappa shape index (κ2) is 11.6. The first kappa shape index (κ1) is 31.9. The third-order valence-corrected chi connectivity index (χ3v) is 6.31. The van der Waals surface area contributed by atoms with E-state index in [9.17, 15) is 9.59 Å². The highest BCUT2D eigenvalue weighted by Gasteiger charge is 2.40. The van der Waals surface area contributed by atoms with E-state index >= 15 is 0 Å². The molecule has 14 heteroatoms. The Morgan fingerprint density at radius 2 is 1.48 bits per heavy atom. The Kier molecular flexibility index (Phi) is 8.40. The van der Waals surface area contributed by atoms with Crippen LogP contribution in [0.25, 0.3) is 28.2 Å².